The summed E-state index contributed by atoms with van der Waals surface area (Å²) in [6, 6.07) is 3.89. The van der Waals surface area contributed by atoms with E-state index in [1.807, 2.05) is 12.1 Å². The van der Waals surface area contributed by atoms with Crippen molar-refractivity contribution in [3.05, 3.63) is 39.2 Å². The predicted molar refractivity (Wildman–Crippen MR) is 91.6 cm³/mol. The fourth-order valence-corrected chi connectivity index (χ4v) is 2.76. The molecule has 2 aromatic rings. The lowest BCUT2D eigenvalue weighted by molar-refractivity contribution is 0.379. The van der Waals surface area contributed by atoms with Crippen molar-refractivity contribution < 1.29 is 4.42 Å². The lowest BCUT2D eigenvalue weighted by Crippen LogP contribution is -2.36. The smallest absolute Gasteiger partial charge is 0.213 e. The quantitative estimate of drug-likeness (QED) is 0.660. The minimum absolute atomic E-state index is 0.0381. The number of aromatic nitrogens is 1. The number of aliphatic imine (C=N–C) groups is 1. The lowest BCUT2D eigenvalue weighted by atomic mass is 9.94. The maximum Gasteiger partial charge on any atom is 0.213 e. The summed E-state index contributed by atoms with van der Waals surface area (Å²) >= 11 is 7.46. The Kier molecular flexibility index (Phi) is 5.47. The van der Waals surface area contributed by atoms with Gasteiger partial charge in [0.1, 0.15) is 5.76 Å². The molecule has 0 aliphatic heterocycles. The van der Waals surface area contributed by atoms with Gasteiger partial charge in [0.25, 0.3) is 0 Å². The normalized spacial score (nSPS) is 12.5. The summed E-state index contributed by atoms with van der Waals surface area (Å²) in [6.45, 7) is 7.45. The molecule has 7 heteroatoms. The third-order valence-corrected chi connectivity index (χ3v) is 4.21. The van der Waals surface area contributed by atoms with Crippen LogP contribution in [-0.2, 0) is 18.5 Å². The van der Waals surface area contributed by atoms with Gasteiger partial charge < -0.3 is 15.1 Å². The van der Waals surface area contributed by atoms with Gasteiger partial charge in [-0.15, -0.1) is 11.3 Å². The molecule has 0 aromatic carbocycles. The van der Waals surface area contributed by atoms with Crippen molar-refractivity contribution in [3.8, 4) is 0 Å². The van der Waals surface area contributed by atoms with Gasteiger partial charge in [0, 0.05) is 17.3 Å². The highest BCUT2D eigenvalue weighted by molar-refractivity contribution is 7.16. The van der Waals surface area contributed by atoms with Crippen LogP contribution in [0.2, 0.25) is 4.34 Å². The van der Waals surface area contributed by atoms with E-state index in [2.05, 4.69) is 41.4 Å². The molecule has 22 heavy (non-hydrogen) atoms. The van der Waals surface area contributed by atoms with Crippen LogP contribution in [-0.4, -0.2) is 18.0 Å². The molecule has 2 rings (SSSR count). The van der Waals surface area contributed by atoms with Gasteiger partial charge in [0.05, 0.1) is 23.6 Å². The van der Waals surface area contributed by atoms with Crippen molar-refractivity contribution in [1.82, 2.24) is 15.6 Å². The van der Waals surface area contributed by atoms with Gasteiger partial charge in [-0.3, -0.25) is 4.99 Å². The minimum atomic E-state index is -0.0381. The second-order valence-electron chi connectivity index (χ2n) is 5.85. The molecule has 0 amide bonds. The Labute approximate surface area is 139 Å². The Morgan fingerprint density at radius 2 is 2.05 bits per heavy atom. The van der Waals surface area contributed by atoms with Crippen LogP contribution in [0.4, 0.5) is 0 Å². The van der Waals surface area contributed by atoms with Gasteiger partial charge in [-0.25, -0.2) is 4.98 Å². The van der Waals surface area contributed by atoms with Crippen molar-refractivity contribution in [1.29, 1.82) is 0 Å². The molecule has 0 bridgehead atoms. The highest BCUT2D eigenvalue weighted by atomic mass is 35.5. The van der Waals surface area contributed by atoms with Crippen molar-refractivity contribution in [2.75, 3.05) is 7.05 Å². The summed E-state index contributed by atoms with van der Waals surface area (Å²) in [5.41, 5.74) is -0.0381. The summed E-state index contributed by atoms with van der Waals surface area (Å²) in [4.78, 5) is 9.61. The summed E-state index contributed by atoms with van der Waals surface area (Å²) in [6.07, 6.45) is 1.78. The van der Waals surface area contributed by atoms with E-state index in [4.69, 9.17) is 16.0 Å². The number of oxazole rings is 1. The standard InChI is InChI=1S/C15H21ClN4OS/c1-15(2,3)11-8-18-13(21-11)9-20-14(17-4)19-7-10-5-6-12(16)22-10/h5-6,8H,7,9H2,1-4H3,(H2,17,19,20). The summed E-state index contributed by atoms with van der Waals surface area (Å²) in [5.74, 6) is 2.22. The molecule has 0 aliphatic rings. The summed E-state index contributed by atoms with van der Waals surface area (Å²) in [7, 11) is 1.73. The van der Waals surface area contributed by atoms with Gasteiger partial charge in [0.2, 0.25) is 5.89 Å². The second-order valence-corrected chi connectivity index (χ2v) is 7.65. The number of hydrogen-bond acceptors (Lipinski definition) is 4. The van der Waals surface area contributed by atoms with Crippen LogP contribution in [0.25, 0.3) is 0 Å². The average Bonchev–Trinajstić information content (AvgIpc) is 3.07. The molecule has 0 atom stereocenters. The first-order valence-corrected chi connectivity index (χ1v) is 8.22. The fourth-order valence-electron chi connectivity index (χ4n) is 1.74. The Bertz CT molecular complexity index is 642. The molecule has 0 aliphatic carbocycles. The van der Waals surface area contributed by atoms with Crippen molar-refractivity contribution >= 4 is 28.9 Å². The van der Waals surface area contributed by atoms with E-state index < -0.39 is 0 Å². The number of nitrogens with zero attached hydrogens (tertiary/aromatic N) is 2. The zero-order valence-corrected chi connectivity index (χ0v) is 14.8. The molecule has 0 radical (unpaired) electrons. The van der Waals surface area contributed by atoms with Crippen molar-refractivity contribution in [2.24, 2.45) is 4.99 Å². The van der Waals surface area contributed by atoms with Crippen LogP contribution < -0.4 is 10.6 Å². The predicted octanol–water partition coefficient (Wildman–Crippen LogP) is 3.55. The first kappa shape index (κ1) is 16.8. The number of guanidine groups is 1. The van der Waals surface area contributed by atoms with E-state index in [-0.39, 0.29) is 5.41 Å². The highest BCUT2D eigenvalue weighted by Crippen LogP contribution is 2.22. The zero-order chi connectivity index (χ0) is 16.2. The third kappa shape index (κ3) is 4.74. The topological polar surface area (TPSA) is 62.5 Å². The van der Waals surface area contributed by atoms with Gasteiger partial charge in [-0.05, 0) is 12.1 Å². The second kappa shape index (κ2) is 7.15. The van der Waals surface area contributed by atoms with Crippen LogP contribution in [0, 0.1) is 0 Å². The molecular weight excluding hydrogens is 320 g/mol. The molecule has 2 aromatic heterocycles. The first-order valence-electron chi connectivity index (χ1n) is 7.02. The molecule has 2 N–H and O–H groups in total. The van der Waals surface area contributed by atoms with Crippen LogP contribution in [0.3, 0.4) is 0 Å². The number of thiophene rings is 1. The number of hydrogen-bond donors (Lipinski definition) is 2. The summed E-state index contributed by atoms with van der Waals surface area (Å²) < 4.78 is 6.52. The third-order valence-electron chi connectivity index (χ3n) is 2.98. The number of rotatable bonds is 4. The van der Waals surface area contributed by atoms with E-state index >= 15 is 0 Å². The lowest BCUT2D eigenvalue weighted by Gasteiger charge is -2.13. The van der Waals surface area contributed by atoms with E-state index in [9.17, 15) is 0 Å². The monoisotopic (exact) mass is 340 g/mol. The molecule has 0 saturated carbocycles. The van der Waals surface area contributed by atoms with Crippen molar-refractivity contribution in [3.63, 3.8) is 0 Å². The van der Waals surface area contributed by atoms with Crippen LogP contribution in [0.5, 0.6) is 0 Å². The Balaban J connectivity index is 1.85. The maximum atomic E-state index is 5.91. The van der Waals surface area contributed by atoms with Gasteiger partial charge in [-0.1, -0.05) is 32.4 Å². The molecule has 5 nitrogen and oxygen atoms in total. The highest BCUT2D eigenvalue weighted by Gasteiger charge is 2.19. The van der Waals surface area contributed by atoms with Gasteiger partial charge >= 0.3 is 0 Å². The van der Waals surface area contributed by atoms with E-state index in [0.29, 0.717) is 24.9 Å². The first-order chi connectivity index (χ1) is 10.4. The SMILES string of the molecule is CN=C(NCc1ncc(C(C)(C)C)o1)NCc1ccc(Cl)s1. The van der Waals surface area contributed by atoms with Crippen LogP contribution >= 0.6 is 22.9 Å². The van der Waals surface area contributed by atoms with E-state index in [0.717, 1.165) is 15.0 Å². The molecule has 120 valence electrons. The molecule has 0 unspecified atom stereocenters. The summed E-state index contributed by atoms with van der Waals surface area (Å²) in [5, 5.41) is 6.41. The zero-order valence-electron chi connectivity index (χ0n) is 13.2. The minimum Gasteiger partial charge on any atom is -0.443 e. The Morgan fingerprint density at radius 3 is 2.59 bits per heavy atom. The van der Waals surface area contributed by atoms with Gasteiger partial charge in [-0.2, -0.15) is 0 Å². The van der Waals surface area contributed by atoms with Crippen molar-refractivity contribution in [2.45, 2.75) is 39.3 Å². The number of halogens is 1. The van der Waals surface area contributed by atoms with Crippen LogP contribution in [0.15, 0.2) is 27.7 Å². The van der Waals surface area contributed by atoms with E-state index in [1.165, 1.54) is 0 Å². The molecule has 2 heterocycles. The molecule has 0 saturated heterocycles. The van der Waals surface area contributed by atoms with Gasteiger partial charge in [0.15, 0.2) is 5.96 Å². The van der Waals surface area contributed by atoms with Crippen LogP contribution in [0.1, 0.15) is 37.3 Å². The Morgan fingerprint density at radius 1 is 1.32 bits per heavy atom. The maximum absolute atomic E-state index is 5.91. The number of nitrogens with one attached hydrogen (secondary N) is 2. The van der Waals surface area contributed by atoms with E-state index in [1.54, 1.807) is 24.6 Å². The fraction of sp³-hybridized carbons (Fsp3) is 0.467. The largest absolute Gasteiger partial charge is 0.443 e. The Hall–Kier alpha value is -1.53. The molecule has 0 fully saturated rings. The molecule has 0 spiro atoms. The molecular formula is C15H21ClN4OS. The average molecular weight is 341 g/mol.